The first kappa shape index (κ1) is 15.5. The van der Waals surface area contributed by atoms with E-state index in [1.165, 1.54) is 18.4 Å². The van der Waals surface area contributed by atoms with Gasteiger partial charge in [0.2, 0.25) is 5.91 Å². The molecule has 0 aromatic heterocycles. The van der Waals surface area contributed by atoms with Crippen LogP contribution in [0, 0.1) is 0 Å². The van der Waals surface area contributed by atoms with Gasteiger partial charge in [-0.15, -0.1) is 0 Å². The van der Waals surface area contributed by atoms with Crippen molar-refractivity contribution in [2.24, 2.45) is 0 Å². The van der Waals surface area contributed by atoms with Crippen LogP contribution in [0.25, 0.3) is 0 Å². The van der Waals surface area contributed by atoms with Crippen molar-refractivity contribution in [2.45, 2.75) is 44.2 Å². The highest BCUT2D eigenvalue weighted by atomic mass is 16.2. The third-order valence-corrected chi connectivity index (χ3v) is 4.79. The van der Waals surface area contributed by atoms with Gasteiger partial charge in [0.25, 0.3) is 0 Å². The predicted molar refractivity (Wildman–Crippen MR) is 88.8 cm³/mol. The van der Waals surface area contributed by atoms with Gasteiger partial charge in [0.05, 0.1) is 6.04 Å². The molecule has 0 radical (unpaired) electrons. The van der Waals surface area contributed by atoms with Crippen molar-refractivity contribution >= 4 is 5.91 Å². The van der Waals surface area contributed by atoms with Crippen LogP contribution in [-0.2, 0) is 11.2 Å². The van der Waals surface area contributed by atoms with Crippen molar-refractivity contribution < 1.29 is 4.79 Å². The zero-order valence-electron chi connectivity index (χ0n) is 13.3. The molecule has 0 saturated carbocycles. The van der Waals surface area contributed by atoms with Crippen molar-refractivity contribution in [3.8, 4) is 0 Å². The van der Waals surface area contributed by atoms with Gasteiger partial charge in [-0.25, -0.2) is 0 Å². The van der Waals surface area contributed by atoms with Crippen LogP contribution in [0.5, 0.6) is 0 Å². The lowest BCUT2D eigenvalue weighted by atomic mass is 10.1. The molecule has 0 spiro atoms. The van der Waals surface area contributed by atoms with Gasteiger partial charge in [-0.1, -0.05) is 30.3 Å². The van der Waals surface area contributed by atoms with Gasteiger partial charge in [0.15, 0.2) is 0 Å². The maximum absolute atomic E-state index is 12.8. The number of carbonyl (C=O) groups is 1. The first-order chi connectivity index (χ1) is 10.8. The topological polar surface area (TPSA) is 44.4 Å². The van der Waals surface area contributed by atoms with Crippen LogP contribution < -0.4 is 10.6 Å². The van der Waals surface area contributed by atoms with Crippen molar-refractivity contribution in [1.29, 1.82) is 0 Å². The maximum atomic E-state index is 12.8. The van der Waals surface area contributed by atoms with E-state index in [1.807, 2.05) is 6.07 Å². The van der Waals surface area contributed by atoms with Gasteiger partial charge in [-0.05, 0) is 50.8 Å². The lowest BCUT2D eigenvalue weighted by molar-refractivity contribution is -0.133. The second kappa shape index (κ2) is 7.75. The summed E-state index contributed by atoms with van der Waals surface area (Å²) in [5.41, 5.74) is 1.30. The highest BCUT2D eigenvalue weighted by Crippen LogP contribution is 2.13. The number of nitrogens with zero attached hydrogens (tertiary/aromatic N) is 1. The summed E-state index contributed by atoms with van der Waals surface area (Å²) in [7, 11) is 0. The van der Waals surface area contributed by atoms with Gasteiger partial charge in [-0.2, -0.15) is 0 Å². The molecule has 2 saturated heterocycles. The zero-order chi connectivity index (χ0) is 15.2. The second-order valence-electron chi connectivity index (χ2n) is 6.46. The summed E-state index contributed by atoms with van der Waals surface area (Å²) in [5.74, 6) is 0.294. The molecule has 2 fully saturated rings. The summed E-state index contributed by atoms with van der Waals surface area (Å²) < 4.78 is 0. The first-order valence-electron chi connectivity index (χ1n) is 8.62. The third-order valence-electron chi connectivity index (χ3n) is 4.79. The maximum Gasteiger partial charge on any atom is 0.239 e. The average molecular weight is 301 g/mol. The SMILES string of the molecule is O=C([C@H]1CCCN1)N(CCc1ccccc1)C[C@@H]1CCCN1. The Balaban J connectivity index is 1.60. The normalized spacial score (nSPS) is 24.5. The molecule has 120 valence electrons. The minimum Gasteiger partial charge on any atom is -0.339 e. The van der Waals surface area contributed by atoms with E-state index in [2.05, 4.69) is 39.8 Å². The highest BCUT2D eigenvalue weighted by molar-refractivity contribution is 5.82. The Labute approximate surface area is 133 Å². The van der Waals surface area contributed by atoms with Crippen LogP contribution in [-0.4, -0.2) is 49.1 Å². The number of nitrogens with one attached hydrogen (secondary N) is 2. The predicted octanol–water partition coefficient (Wildman–Crippen LogP) is 1.56. The van der Waals surface area contributed by atoms with E-state index in [4.69, 9.17) is 0 Å². The van der Waals surface area contributed by atoms with Gasteiger partial charge in [0, 0.05) is 19.1 Å². The highest BCUT2D eigenvalue weighted by Gasteiger charge is 2.28. The van der Waals surface area contributed by atoms with E-state index in [0.717, 1.165) is 45.4 Å². The van der Waals surface area contributed by atoms with Crippen molar-refractivity contribution in [3.63, 3.8) is 0 Å². The Hall–Kier alpha value is -1.39. The van der Waals surface area contributed by atoms with Crippen molar-refractivity contribution in [1.82, 2.24) is 15.5 Å². The zero-order valence-corrected chi connectivity index (χ0v) is 13.3. The Morgan fingerprint density at radius 1 is 1.09 bits per heavy atom. The molecular weight excluding hydrogens is 274 g/mol. The van der Waals surface area contributed by atoms with Gasteiger partial charge < -0.3 is 15.5 Å². The molecule has 0 unspecified atom stereocenters. The van der Waals surface area contributed by atoms with Gasteiger partial charge >= 0.3 is 0 Å². The fourth-order valence-corrected chi connectivity index (χ4v) is 3.49. The van der Waals surface area contributed by atoms with E-state index < -0.39 is 0 Å². The minimum atomic E-state index is 0.0391. The van der Waals surface area contributed by atoms with Gasteiger partial charge in [-0.3, -0.25) is 4.79 Å². The number of hydrogen-bond acceptors (Lipinski definition) is 3. The number of carbonyl (C=O) groups excluding carboxylic acids is 1. The number of benzene rings is 1. The van der Waals surface area contributed by atoms with Crippen LogP contribution >= 0.6 is 0 Å². The monoisotopic (exact) mass is 301 g/mol. The molecule has 1 aromatic rings. The number of hydrogen-bond donors (Lipinski definition) is 2. The van der Waals surface area contributed by atoms with Crippen molar-refractivity contribution in [2.75, 3.05) is 26.2 Å². The standard InChI is InChI=1S/C18H27N3O/c22-18(17-9-5-12-20-17)21(14-16-8-4-11-19-16)13-10-15-6-2-1-3-7-15/h1-3,6-7,16-17,19-20H,4-5,8-14H2/t16-,17+/m0/s1. The molecule has 1 amide bonds. The minimum absolute atomic E-state index is 0.0391. The lowest BCUT2D eigenvalue weighted by Gasteiger charge is -2.28. The molecule has 1 aromatic carbocycles. The second-order valence-corrected chi connectivity index (χ2v) is 6.46. The molecule has 3 rings (SSSR count). The van der Waals surface area contributed by atoms with Crippen LogP contribution in [0.4, 0.5) is 0 Å². The molecular formula is C18H27N3O. The molecule has 4 heteroatoms. The van der Waals surface area contributed by atoms with Crippen LogP contribution in [0.3, 0.4) is 0 Å². The molecule has 2 aliphatic rings. The van der Waals surface area contributed by atoms with E-state index in [9.17, 15) is 4.79 Å². The number of rotatable bonds is 6. The quantitative estimate of drug-likeness (QED) is 0.838. The molecule has 0 aliphatic carbocycles. The summed E-state index contributed by atoms with van der Waals surface area (Å²) in [6.07, 6.45) is 5.45. The Morgan fingerprint density at radius 3 is 2.55 bits per heavy atom. The van der Waals surface area contributed by atoms with Crippen LogP contribution in [0.2, 0.25) is 0 Å². The van der Waals surface area contributed by atoms with E-state index in [-0.39, 0.29) is 6.04 Å². The van der Waals surface area contributed by atoms with E-state index in [0.29, 0.717) is 11.9 Å². The Kier molecular flexibility index (Phi) is 5.46. The molecule has 4 nitrogen and oxygen atoms in total. The summed E-state index contributed by atoms with van der Waals surface area (Å²) in [4.78, 5) is 14.9. The third kappa shape index (κ3) is 4.08. The molecule has 0 bridgehead atoms. The number of amides is 1. The smallest absolute Gasteiger partial charge is 0.239 e. The Bertz CT molecular complexity index is 464. The van der Waals surface area contributed by atoms with E-state index >= 15 is 0 Å². The summed E-state index contributed by atoms with van der Waals surface area (Å²) in [6, 6.07) is 11.0. The van der Waals surface area contributed by atoms with Crippen LogP contribution in [0.15, 0.2) is 30.3 Å². The Morgan fingerprint density at radius 2 is 1.86 bits per heavy atom. The summed E-state index contributed by atoms with van der Waals surface area (Å²) >= 11 is 0. The first-order valence-corrected chi connectivity index (χ1v) is 8.62. The molecule has 22 heavy (non-hydrogen) atoms. The molecule has 2 aliphatic heterocycles. The summed E-state index contributed by atoms with van der Waals surface area (Å²) in [5, 5.41) is 6.86. The largest absolute Gasteiger partial charge is 0.339 e. The fraction of sp³-hybridized carbons (Fsp3) is 0.611. The summed E-state index contributed by atoms with van der Waals surface area (Å²) in [6.45, 7) is 3.74. The average Bonchev–Trinajstić information content (AvgIpc) is 3.25. The van der Waals surface area contributed by atoms with E-state index in [1.54, 1.807) is 0 Å². The molecule has 2 heterocycles. The lowest BCUT2D eigenvalue weighted by Crippen LogP contribution is -2.48. The molecule has 2 atom stereocenters. The fourth-order valence-electron chi connectivity index (χ4n) is 3.49. The van der Waals surface area contributed by atoms with Crippen LogP contribution in [0.1, 0.15) is 31.2 Å². The van der Waals surface area contributed by atoms with Gasteiger partial charge in [0.1, 0.15) is 0 Å². The van der Waals surface area contributed by atoms with Crippen molar-refractivity contribution in [3.05, 3.63) is 35.9 Å². The molecule has 2 N–H and O–H groups in total.